The van der Waals surface area contributed by atoms with E-state index in [9.17, 15) is 0 Å². The number of likely N-dealkylation sites (N-methyl/N-ethyl adjacent to an activating group) is 1. The lowest BCUT2D eigenvalue weighted by molar-refractivity contribution is 0.145. The number of hydrogen-bond donors (Lipinski definition) is 0. The summed E-state index contributed by atoms with van der Waals surface area (Å²) < 4.78 is 5.09. The number of ether oxygens (including phenoxy) is 1. The first-order valence-electron chi connectivity index (χ1n) is 5.94. The molecule has 0 amide bonds. The summed E-state index contributed by atoms with van der Waals surface area (Å²) in [6.07, 6.45) is 5.09. The van der Waals surface area contributed by atoms with E-state index in [1.165, 1.54) is 5.57 Å². The van der Waals surface area contributed by atoms with Crippen LogP contribution in [0.15, 0.2) is 16.9 Å². The first-order valence-corrected chi connectivity index (χ1v) is 5.94. The van der Waals surface area contributed by atoms with Gasteiger partial charge < -0.3 is 4.74 Å². The van der Waals surface area contributed by atoms with Gasteiger partial charge in [0.15, 0.2) is 0 Å². The molecule has 4 heteroatoms. The summed E-state index contributed by atoms with van der Waals surface area (Å²) in [5, 5.41) is 6.36. The average Bonchev–Trinajstić information content (AvgIpc) is 2.29. The molecule has 0 aromatic rings. The summed E-state index contributed by atoms with van der Waals surface area (Å²) >= 11 is 0. The van der Waals surface area contributed by atoms with E-state index in [2.05, 4.69) is 30.0 Å². The summed E-state index contributed by atoms with van der Waals surface area (Å²) in [5.74, 6) is 0. The molecule has 4 nitrogen and oxygen atoms in total. The Morgan fingerprint density at radius 2 is 2.31 bits per heavy atom. The summed E-state index contributed by atoms with van der Waals surface area (Å²) in [4.78, 5) is 2.37. The predicted octanol–water partition coefficient (Wildman–Crippen LogP) is 1.55. The normalized spacial score (nSPS) is 15.8. The minimum absolute atomic E-state index is 0.798. The van der Waals surface area contributed by atoms with E-state index in [1.807, 2.05) is 11.2 Å². The zero-order valence-corrected chi connectivity index (χ0v) is 10.6. The van der Waals surface area contributed by atoms with Gasteiger partial charge in [0.1, 0.15) is 0 Å². The van der Waals surface area contributed by atoms with E-state index in [0.717, 1.165) is 39.2 Å². The Balaban J connectivity index is 2.26. The zero-order valence-electron chi connectivity index (χ0n) is 10.6. The number of rotatable bonds is 7. The Morgan fingerprint density at radius 1 is 1.50 bits per heavy atom. The fourth-order valence-electron chi connectivity index (χ4n) is 1.64. The monoisotopic (exact) mass is 225 g/mol. The quantitative estimate of drug-likeness (QED) is 0.658. The van der Waals surface area contributed by atoms with E-state index < -0.39 is 0 Å². The smallest absolute Gasteiger partial charge is 0.0589 e. The lowest BCUT2D eigenvalue weighted by Crippen LogP contribution is -2.33. The van der Waals surface area contributed by atoms with E-state index >= 15 is 0 Å². The Morgan fingerprint density at radius 3 is 2.94 bits per heavy atom. The summed E-state index contributed by atoms with van der Waals surface area (Å²) in [6, 6.07) is 0. The molecule has 0 aromatic carbocycles. The summed E-state index contributed by atoms with van der Waals surface area (Å²) in [6.45, 7) is 9.14. The molecule has 1 heterocycles. The summed E-state index contributed by atoms with van der Waals surface area (Å²) in [5.41, 5.74) is 1.37. The van der Waals surface area contributed by atoms with Crippen molar-refractivity contribution in [3.63, 3.8) is 0 Å². The van der Waals surface area contributed by atoms with Crippen LogP contribution in [-0.4, -0.2) is 56.0 Å². The molecule has 0 atom stereocenters. The molecule has 1 aliphatic heterocycles. The Kier molecular flexibility index (Phi) is 6.11. The maximum absolute atomic E-state index is 5.09. The van der Waals surface area contributed by atoms with Gasteiger partial charge in [-0.2, -0.15) is 5.10 Å². The molecule has 0 N–H and O–H groups in total. The first kappa shape index (κ1) is 13.2. The topological polar surface area (TPSA) is 28.1 Å². The molecule has 1 rings (SSSR count). The number of allylic oxidation sites excluding steroid dienone is 1. The van der Waals surface area contributed by atoms with Gasteiger partial charge in [-0.05, 0) is 19.0 Å². The van der Waals surface area contributed by atoms with Gasteiger partial charge in [0.25, 0.3) is 0 Å². The molecule has 0 aromatic heterocycles. The predicted molar refractivity (Wildman–Crippen MR) is 67.6 cm³/mol. The third-order valence-electron chi connectivity index (χ3n) is 2.72. The van der Waals surface area contributed by atoms with Crippen LogP contribution in [0.25, 0.3) is 0 Å². The van der Waals surface area contributed by atoms with Crippen LogP contribution in [0.1, 0.15) is 20.3 Å². The second-order valence-electron chi connectivity index (χ2n) is 4.07. The van der Waals surface area contributed by atoms with Crippen molar-refractivity contribution >= 4 is 6.21 Å². The largest absolute Gasteiger partial charge is 0.383 e. The van der Waals surface area contributed by atoms with Crippen LogP contribution >= 0.6 is 0 Å². The number of nitrogens with zero attached hydrogens (tertiary/aromatic N) is 3. The fraction of sp³-hybridized carbons (Fsp3) is 0.750. The highest BCUT2D eigenvalue weighted by atomic mass is 16.5. The van der Waals surface area contributed by atoms with Gasteiger partial charge in [-0.25, -0.2) is 0 Å². The van der Waals surface area contributed by atoms with Crippen molar-refractivity contribution in [2.45, 2.75) is 20.3 Å². The van der Waals surface area contributed by atoms with Crippen LogP contribution in [0.2, 0.25) is 0 Å². The van der Waals surface area contributed by atoms with E-state index in [0.29, 0.717) is 0 Å². The SMILES string of the molecule is CCN(CCOC)CCN1C=C(C)CC=N1. The minimum atomic E-state index is 0.798. The molecule has 0 fully saturated rings. The van der Waals surface area contributed by atoms with Crippen LogP contribution < -0.4 is 0 Å². The molecule has 0 unspecified atom stereocenters. The van der Waals surface area contributed by atoms with Gasteiger partial charge in [0, 0.05) is 39.0 Å². The minimum Gasteiger partial charge on any atom is -0.383 e. The molecule has 0 bridgehead atoms. The molecule has 0 saturated carbocycles. The Labute approximate surface area is 98.6 Å². The highest BCUT2D eigenvalue weighted by Gasteiger charge is 2.06. The van der Waals surface area contributed by atoms with Crippen molar-refractivity contribution in [2.75, 3.05) is 39.9 Å². The lowest BCUT2D eigenvalue weighted by atomic mass is 10.2. The van der Waals surface area contributed by atoms with E-state index in [1.54, 1.807) is 7.11 Å². The van der Waals surface area contributed by atoms with Crippen molar-refractivity contribution in [1.82, 2.24) is 9.91 Å². The van der Waals surface area contributed by atoms with E-state index in [4.69, 9.17) is 4.74 Å². The van der Waals surface area contributed by atoms with Crippen molar-refractivity contribution in [1.29, 1.82) is 0 Å². The molecule has 0 saturated heterocycles. The van der Waals surface area contributed by atoms with Crippen LogP contribution in [0.4, 0.5) is 0 Å². The maximum atomic E-state index is 5.09. The molecule has 16 heavy (non-hydrogen) atoms. The summed E-state index contributed by atoms with van der Waals surface area (Å²) in [7, 11) is 1.74. The molecular formula is C12H23N3O. The van der Waals surface area contributed by atoms with Crippen LogP contribution in [0.5, 0.6) is 0 Å². The van der Waals surface area contributed by atoms with Gasteiger partial charge in [0.2, 0.25) is 0 Å². The van der Waals surface area contributed by atoms with Gasteiger partial charge in [-0.3, -0.25) is 9.91 Å². The van der Waals surface area contributed by atoms with Gasteiger partial charge >= 0.3 is 0 Å². The van der Waals surface area contributed by atoms with Gasteiger partial charge in [0.05, 0.1) is 13.2 Å². The second kappa shape index (κ2) is 7.41. The molecule has 0 aliphatic carbocycles. The zero-order chi connectivity index (χ0) is 11.8. The number of hydrazone groups is 1. The fourth-order valence-corrected chi connectivity index (χ4v) is 1.64. The van der Waals surface area contributed by atoms with Crippen molar-refractivity contribution in [3.8, 4) is 0 Å². The van der Waals surface area contributed by atoms with Crippen molar-refractivity contribution in [2.24, 2.45) is 5.10 Å². The number of hydrogen-bond acceptors (Lipinski definition) is 4. The van der Waals surface area contributed by atoms with Crippen LogP contribution in [0.3, 0.4) is 0 Å². The van der Waals surface area contributed by atoms with Crippen molar-refractivity contribution < 1.29 is 4.74 Å². The third kappa shape index (κ3) is 4.77. The molecule has 0 spiro atoms. The van der Waals surface area contributed by atoms with E-state index in [-0.39, 0.29) is 0 Å². The maximum Gasteiger partial charge on any atom is 0.0589 e. The first-order chi connectivity index (χ1) is 7.76. The highest BCUT2D eigenvalue weighted by molar-refractivity contribution is 5.61. The number of methoxy groups -OCH3 is 1. The van der Waals surface area contributed by atoms with Crippen molar-refractivity contribution in [3.05, 3.63) is 11.8 Å². The molecule has 0 radical (unpaired) electrons. The molecular weight excluding hydrogens is 202 g/mol. The average molecular weight is 225 g/mol. The highest BCUT2D eigenvalue weighted by Crippen LogP contribution is 2.07. The van der Waals surface area contributed by atoms with Gasteiger partial charge in [-0.1, -0.05) is 6.92 Å². The van der Waals surface area contributed by atoms with Crippen LogP contribution in [-0.2, 0) is 4.74 Å². The van der Waals surface area contributed by atoms with Gasteiger partial charge in [-0.15, -0.1) is 0 Å². The second-order valence-corrected chi connectivity index (χ2v) is 4.07. The standard InChI is InChI=1S/C12H23N3O/c1-4-14(9-10-16-3)7-8-15-11-12(2)5-6-13-15/h6,11H,4-5,7-10H2,1-3H3. The van der Waals surface area contributed by atoms with Crippen LogP contribution in [0, 0.1) is 0 Å². The molecule has 1 aliphatic rings. The third-order valence-corrected chi connectivity index (χ3v) is 2.72. The Bertz CT molecular complexity index is 251. The molecule has 92 valence electrons. The lowest BCUT2D eigenvalue weighted by Gasteiger charge is -2.24. The Hall–Kier alpha value is -0.870.